The monoisotopic (exact) mass is 399 g/mol. The van der Waals surface area contributed by atoms with Gasteiger partial charge in [-0.2, -0.15) is 0 Å². The van der Waals surface area contributed by atoms with Gasteiger partial charge >= 0.3 is 5.97 Å². The highest BCUT2D eigenvalue weighted by atomic mass is 16.6. The summed E-state index contributed by atoms with van der Waals surface area (Å²) in [7, 11) is 0. The molecular formula is C19H15N2O8-. The number of hydrogen-bond acceptors (Lipinski definition) is 9. The van der Waals surface area contributed by atoms with Gasteiger partial charge in [-0.05, 0) is 25.5 Å². The molecule has 0 saturated heterocycles. The highest BCUT2D eigenvalue weighted by Gasteiger charge is 2.25. The smallest absolute Gasteiger partial charge is 0.340 e. The highest BCUT2D eigenvalue weighted by Crippen LogP contribution is 2.27. The van der Waals surface area contributed by atoms with Crippen LogP contribution in [-0.2, 0) is 9.53 Å². The van der Waals surface area contributed by atoms with Gasteiger partial charge in [0.25, 0.3) is 5.69 Å². The van der Waals surface area contributed by atoms with E-state index in [4.69, 9.17) is 9.15 Å². The van der Waals surface area contributed by atoms with Crippen LogP contribution in [0.4, 0.5) is 5.69 Å². The van der Waals surface area contributed by atoms with Gasteiger partial charge in [0.05, 0.1) is 39.5 Å². The number of fused-ring (bicyclic) bond motifs is 2. The lowest BCUT2D eigenvalue weighted by molar-refractivity contribution is -0.384. The first-order chi connectivity index (χ1) is 13.8. The van der Waals surface area contributed by atoms with Crippen molar-refractivity contribution in [2.24, 2.45) is 0 Å². The number of carbonyl (C=O) groups is 2. The average Bonchev–Trinajstić information content (AvgIpc) is 2.68. The van der Waals surface area contributed by atoms with Crippen molar-refractivity contribution in [1.29, 1.82) is 0 Å². The van der Waals surface area contributed by atoms with Crippen LogP contribution in [0.3, 0.4) is 0 Å². The van der Waals surface area contributed by atoms with E-state index in [0.717, 1.165) is 12.1 Å². The van der Waals surface area contributed by atoms with E-state index in [0.29, 0.717) is 0 Å². The number of aromatic nitrogens is 1. The first-order valence-corrected chi connectivity index (χ1v) is 8.72. The van der Waals surface area contributed by atoms with Gasteiger partial charge in [0, 0.05) is 18.1 Å². The fraction of sp³-hybridized carbons (Fsp3) is 0.263. The average molecular weight is 399 g/mol. The van der Waals surface area contributed by atoms with Crippen LogP contribution in [0.1, 0.15) is 42.2 Å². The Hall–Kier alpha value is -3.82. The summed E-state index contributed by atoms with van der Waals surface area (Å²) in [6, 6.07) is 4.63. The van der Waals surface area contributed by atoms with Crippen molar-refractivity contribution < 1.29 is 28.8 Å². The van der Waals surface area contributed by atoms with E-state index < -0.39 is 28.2 Å². The molecule has 2 aromatic heterocycles. The number of nitrogens with zero attached hydrogens (tertiary/aromatic N) is 2. The van der Waals surface area contributed by atoms with Crippen molar-refractivity contribution in [1.82, 2.24) is 4.98 Å². The van der Waals surface area contributed by atoms with Gasteiger partial charge in [0.15, 0.2) is 0 Å². The molecule has 150 valence electrons. The molecule has 0 N–H and O–H groups in total. The predicted octanol–water partition coefficient (Wildman–Crippen LogP) is 1.67. The maximum atomic E-state index is 12.9. The van der Waals surface area contributed by atoms with Gasteiger partial charge in [0.1, 0.15) is 5.58 Å². The standard InChI is InChI=1S/C19H16N2O8/c1-3-10(18(23)24)15-12(19(25)28-4-2)8-13-16(22)11-7-9(21(26)27)5-6-14(11)29-17(13)20-15/h5-8,10H,3-4H2,1-2H3,(H,23,24)/p-1. The molecule has 29 heavy (non-hydrogen) atoms. The minimum absolute atomic E-state index is 0.0247. The summed E-state index contributed by atoms with van der Waals surface area (Å²) in [6.07, 6.45) is 0.0806. The number of hydrogen-bond donors (Lipinski definition) is 0. The molecule has 0 saturated carbocycles. The number of pyridine rings is 1. The second-order valence-electron chi connectivity index (χ2n) is 6.14. The van der Waals surface area contributed by atoms with Crippen LogP contribution in [0.5, 0.6) is 0 Å². The molecule has 10 heteroatoms. The molecular weight excluding hydrogens is 384 g/mol. The van der Waals surface area contributed by atoms with E-state index in [1.165, 1.54) is 12.1 Å². The van der Waals surface area contributed by atoms with Crippen molar-refractivity contribution in [2.75, 3.05) is 6.61 Å². The molecule has 10 nitrogen and oxygen atoms in total. The van der Waals surface area contributed by atoms with E-state index >= 15 is 0 Å². The lowest BCUT2D eigenvalue weighted by Crippen LogP contribution is -2.31. The largest absolute Gasteiger partial charge is 0.549 e. The molecule has 2 heterocycles. The number of non-ortho nitro benzene ring substituents is 1. The fourth-order valence-electron chi connectivity index (χ4n) is 3.01. The minimum Gasteiger partial charge on any atom is -0.549 e. The van der Waals surface area contributed by atoms with Crippen LogP contribution in [0.2, 0.25) is 0 Å². The Morgan fingerprint density at radius 2 is 1.97 bits per heavy atom. The van der Waals surface area contributed by atoms with Crippen molar-refractivity contribution in [3.05, 3.63) is 55.9 Å². The fourth-order valence-corrected chi connectivity index (χ4v) is 3.01. The van der Waals surface area contributed by atoms with Gasteiger partial charge in [-0.1, -0.05) is 6.92 Å². The van der Waals surface area contributed by atoms with Gasteiger partial charge < -0.3 is 19.1 Å². The molecule has 3 aromatic rings. The molecule has 3 rings (SSSR count). The number of nitro benzene ring substituents is 1. The quantitative estimate of drug-likeness (QED) is 0.261. The summed E-state index contributed by atoms with van der Waals surface area (Å²) in [5.74, 6) is -3.52. The van der Waals surface area contributed by atoms with Gasteiger partial charge in [-0.25, -0.2) is 9.78 Å². The Labute approximate surface area is 162 Å². The summed E-state index contributed by atoms with van der Waals surface area (Å²) in [5.41, 5.74) is -1.44. The van der Waals surface area contributed by atoms with Gasteiger partial charge in [0.2, 0.25) is 11.1 Å². The van der Waals surface area contributed by atoms with Crippen molar-refractivity contribution in [2.45, 2.75) is 26.2 Å². The summed E-state index contributed by atoms with van der Waals surface area (Å²) >= 11 is 0. The molecule has 0 radical (unpaired) electrons. The zero-order chi connectivity index (χ0) is 21.3. The summed E-state index contributed by atoms with van der Waals surface area (Å²) in [6.45, 7) is 3.18. The zero-order valence-electron chi connectivity index (χ0n) is 15.5. The predicted molar refractivity (Wildman–Crippen MR) is 98.4 cm³/mol. The van der Waals surface area contributed by atoms with E-state index in [-0.39, 0.29) is 52.0 Å². The Morgan fingerprint density at radius 1 is 1.24 bits per heavy atom. The number of aliphatic carboxylic acids is 1. The summed E-state index contributed by atoms with van der Waals surface area (Å²) in [4.78, 5) is 51.2. The lowest BCUT2D eigenvalue weighted by atomic mass is 9.96. The number of ether oxygens (including phenoxy) is 1. The van der Waals surface area contributed by atoms with E-state index in [2.05, 4.69) is 4.98 Å². The molecule has 0 fully saturated rings. The third-order valence-electron chi connectivity index (χ3n) is 4.41. The van der Waals surface area contributed by atoms with E-state index in [1.807, 2.05) is 0 Å². The van der Waals surface area contributed by atoms with Gasteiger partial charge in [-0.15, -0.1) is 0 Å². The topological polar surface area (TPSA) is 153 Å². The highest BCUT2D eigenvalue weighted by molar-refractivity contribution is 5.98. The van der Waals surface area contributed by atoms with Crippen molar-refractivity contribution >= 4 is 39.7 Å². The maximum Gasteiger partial charge on any atom is 0.340 e. The Balaban J connectivity index is 2.38. The number of carbonyl (C=O) groups excluding carboxylic acids is 2. The van der Waals surface area contributed by atoms with Crippen molar-refractivity contribution in [3.63, 3.8) is 0 Å². The first-order valence-electron chi connectivity index (χ1n) is 8.72. The molecule has 0 aliphatic carbocycles. The van der Waals surface area contributed by atoms with Crippen LogP contribution in [0, 0.1) is 10.1 Å². The number of esters is 1. The number of rotatable bonds is 6. The normalized spacial score (nSPS) is 12.1. The molecule has 0 spiro atoms. The number of carboxylic acids is 1. The summed E-state index contributed by atoms with van der Waals surface area (Å²) < 4.78 is 10.5. The molecule has 0 aliphatic heterocycles. The molecule has 0 aliphatic rings. The lowest BCUT2D eigenvalue weighted by Gasteiger charge is -2.18. The molecule has 1 atom stereocenters. The van der Waals surface area contributed by atoms with Gasteiger partial charge in [-0.3, -0.25) is 14.9 Å². The Bertz CT molecular complexity index is 1210. The van der Waals surface area contributed by atoms with Crippen LogP contribution in [0.25, 0.3) is 22.1 Å². The Kier molecular flexibility index (Phi) is 5.26. The summed E-state index contributed by atoms with van der Waals surface area (Å²) in [5, 5.41) is 22.3. The Morgan fingerprint density at radius 3 is 2.55 bits per heavy atom. The second kappa shape index (κ2) is 7.66. The van der Waals surface area contributed by atoms with Crippen LogP contribution in [-0.4, -0.2) is 28.5 Å². The number of carboxylic acid groups (broad SMARTS) is 1. The van der Waals surface area contributed by atoms with Crippen LogP contribution >= 0.6 is 0 Å². The van der Waals surface area contributed by atoms with Crippen LogP contribution < -0.4 is 10.5 Å². The molecule has 1 aromatic carbocycles. The first kappa shape index (κ1) is 19.9. The maximum absolute atomic E-state index is 12.9. The zero-order valence-corrected chi connectivity index (χ0v) is 15.5. The second-order valence-corrected chi connectivity index (χ2v) is 6.14. The van der Waals surface area contributed by atoms with E-state index in [1.54, 1.807) is 13.8 Å². The molecule has 0 bridgehead atoms. The van der Waals surface area contributed by atoms with Crippen molar-refractivity contribution in [3.8, 4) is 0 Å². The molecule has 1 unspecified atom stereocenters. The third kappa shape index (κ3) is 3.51. The number of nitro groups is 1. The third-order valence-corrected chi connectivity index (χ3v) is 4.41. The SMILES string of the molecule is CCOC(=O)c1cc2c(=O)c3cc([N+](=O)[O-])ccc3oc2nc1C(CC)C(=O)[O-]. The molecule has 0 amide bonds. The van der Waals surface area contributed by atoms with Crippen LogP contribution in [0.15, 0.2) is 33.5 Å². The minimum atomic E-state index is -1.44. The van der Waals surface area contributed by atoms with E-state index in [9.17, 15) is 29.6 Å². The number of benzene rings is 1.